The van der Waals surface area contributed by atoms with Gasteiger partial charge in [0, 0.05) is 24.2 Å². The highest BCUT2D eigenvalue weighted by molar-refractivity contribution is 9.10. The van der Waals surface area contributed by atoms with Gasteiger partial charge in [0.1, 0.15) is 11.6 Å². The van der Waals surface area contributed by atoms with Crippen molar-refractivity contribution in [1.82, 2.24) is 5.32 Å². The van der Waals surface area contributed by atoms with E-state index in [1.807, 2.05) is 12.1 Å². The summed E-state index contributed by atoms with van der Waals surface area (Å²) in [4.78, 5) is 0. The van der Waals surface area contributed by atoms with Gasteiger partial charge in [-0.05, 0) is 34.1 Å². The zero-order valence-corrected chi connectivity index (χ0v) is 14.1. The van der Waals surface area contributed by atoms with Crippen molar-refractivity contribution in [2.45, 2.75) is 26.4 Å². The van der Waals surface area contributed by atoms with Crippen molar-refractivity contribution >= 4 is 27.5 Å². The first-order valence-corrected chi connectivity index (χ1v) is 7.78. The maximum absolute atomic E-state index is 13.4. The van der Waals surface area contributed by atoms with Crippen LogP contribution in [0.15, 0.2) is 40.9 Å². The number of rotatable bonds is 5. The zero-order chi connectivity index (χ0) is 15.4. The molecule has 5 heteroatoms. The van der Waals surface area contributed by atoms with Crippen molar-refractivity contribution in [2.24, 2.45) is 0 Å². The molecule has 0 amide bonds. The summed E-state index contributed by atoms with van der Waals surface area (Å²) in [6.45, 7) is 4.75. The molecule has 0 fully saturated rings. The summed E-state index contributed by atoms with van der Waals surface area (Å²) in [5.74, 6) is 0.578. The number of ether oxygens (including phenoxy) is 1. The van der Waals surface area contributed by atoms with E-state index in [0.29, 0.717) is 33.6 Å². The van der Waals surface area contributed by atoms with Crippen molar-refractivity contribution < 1.29 is 9.13 Å². The third-order valence-corrected chi connectivity index (χ3v) is 3.81. The monoisotopic (exact) mass is 371 g/mol. The van der Waals surface area contributed by atoms with Gasteiger partial charge in [0.15, 0.2) is 5.75 Å². The summed E-state index contributed by atoms with van der Waals surface area (Å²) in [7, 11) is 0. The van der Waals surface area contributed by atoms with Crippen LogP contribution in [-0.4, -0.2) is 6.04 Å². The van der Waals surface area contributed by atoms with Crippen LogP contribution in [0.2, 0.25) is 5.02 Å². The molecule has 2 aromatic carbocycles. The molecule has 0 saturated heterocycles. The maximum atomic E-state index is 13.4. The quantitative estimate of drug-likeness (QED) is 0.745. The van der Waals surface area contributed by atoms with Crippen LogP contribution < -0.4 is 10.1 Å². The molecule has 0 aliphatic heterocycles. The minimum atomic E-state index is -0.359. The lowest BCUT2D eigenvalue weighted by Gasteiger charge is -2.15. The molecule has 1 N–H and O–H groups in total. The number of hydrogen-bond acceptors (Lipinski definition) is 2. The van der Waals surface area contributed by atoms with Gasteiger partial charge in [0.05, 0.1) is 9.50 Å². The highest BCUT2D eigenvalue weighted by Crippen LogP contribution is 2.36. The van der Waals surface area contributed by atoms with Crippen LogP contribution in [0.25, 0.3) is 0 Å². The smallest absolute Gasteiger partial charge is 0.150 e. The van der Waals surface area contributed by atoms with Crippen LogP contribution in [-0.2, 0) is 6.54 Å². The third-order valence-electron chi connectivity index (χ3n) is 2.85. The highest BCUT2D eigenvalue weighted by atomic mass is 79.9. The van der Waals surface area contributed by atoms with E-state index in [1.165, 1.54) is 12.1 Å². The van der Waals surface area contributed by atoms with E-state index in [2.05, 4.69) is 35.1 Å². The first kappa shape index (κ1) is 16.3. The fourth-order valence-electron chi connectivity index (χ4n) is 1.79. The number of para-hydroxylation sites is 1. The van der Waals surface area contributed by atoms with Crippen LogP contribution in [0.1, 0.15) is 19.4 Å². The highest BCUT2D eigenvalue weighted by Gasteiger charge is 2.12. The summed E-state index contributed by atoms with van der Waals surface area (Å²) in [6, 6.07) is 10.2. The Morgan fingerprint density at radius 1 is 1.29 bits per heavy atom. The Morgan fingerprint density at radius 2 is 2.05 bits per heavy atom. The van der Waals surface area contributed by atoms with Gasteiger partial charge in [-0.15, -0.1) is 0 Å². The average Bonchev–Trinajstić information content (AvgIpc) is 2.43. The van der Waals surface area contributed by atoms with Gasteiger partial charge in [-0.25, -0.2) is 4.39 Å². The molecule has 0 spiro atoms. The van der Waals surface area contributed by atoms with Crippen LogP contribution in [0, 0.1) is 5.82 Å². The molecule has 21 heavy (non-hydrogen) atoms. The molecule has 0 aliphatic carbocycles. The first-order chi connectivity index (χ1) is 9.97. The Morgan fingerprint density at radius 3 is 2.76 bits per heavy atom. The first-order valence-electron chi connectivity index (χ1n) is 6.61. The Balaban J connectivity index is 2.32. The lowest BCUT2D eigenvalue weighted by atomic mass is 10.2. The standard InChI is InChI=1S/C16H16BrClFNO/c1-10(2)20-9-11-4-3-5-14(18)16(11)21-15-8-12(19)6-7-13(15)17/h3-8,10,20H,9H2,1-2H3. The summed E-state index contributed by atoms with van der Waals surface area (Å²) in [6.07, 6.45) is 0. The van der Waals surface area contributed by atoms with Crippen LogP contribution in [0.4, 0.5) is 4.39 Å². The minimum absolute atomic E-state index is 0.345. The average molecular weight is 373 g/mol. The van der Waals surface area contributed by atoms with Crippen molar-refractivity contribution in [3.8, 4) is 11.5 Å². The van der Waals surface area contributed by atoms with E-state index in [-0.39, 0.29) is 5.82 Å². The Kier molecular flexibility index (Phi) is 5.62. The molecule has 0 atom stereocenters. The predicted octanol–water partition coefficient (Wildman–Crippen LogP) is 5.53. The maximum Gasteiger partial charge on any atom is 0.150 e. The van der Waals surface area contributed by atoms with Gasteiger partial charge in [-0.1, -0.05) is 37.6 Å². The Hall–Kier alpha value is -1.10. The van der Waals surface area contributed by atoms with Gasteiger partial charge in [-0.3, -0.25) is 0 Å². The molecule has 0 bridgehead atoms. The summed E-state index contributed by atoms with van der Waals surface area (Å²) >= 11 is 9.57. The normalized spacial score (nSPS) is 11.0. The molecule has 2 rings (SSSR count). The van der Waals surface area contributed by atoms with Crippen molar-refractivity contribution in [2.75, 3.05) is 0 Å². The molecule has 2 aromatic rings. The molecule has 0 aromatic heterocycles. The van der Waals surface area contributed by atoms with E-state index in [1.54, 1.807) is 12.1 Å². The second kappa shape index (κ2) is 7.25. The van der Waals surface area contributed by atoms with Gasteiger partial charge < -0.3 is 10.1 Å². The summed E-state index contributed by atoms with van der Waals surface area (Å²) in [5, 5.41) is 3.81. The topological polar surface area (TPSA) is 21.3 Å². The van der Waals surface area contributed by atoms with Gasteiger partial charge in [-0.2, -0.15) is 0 Å². The van der Waals surface area contributed by atoms with Crippen molar-refractivity contribution in [3.05, 3.63) is 57.3 Å². The predicted molar refractivity (Wildman–Crippen MR) is 87.6 cm³/mol. The summed E-state index contributed by atoms with van der Waals surface area (Å²) in [5.41, 5.74) is 0.923. The van der Waals surface area contributed by atoms with E-state index < -0.39 is 0 Å². The fraction of sp³-hybridized carbons (Fsp3) is 0.250. The third kappa shape index (κ3) is 4.43. The lowest BCUT2D eigenvalue weighted by Crippen LogP contribution is -2.22. The zero-order valence-electron chi connectivity index (χ0n) is 11.8. The van der Waals surface area contributed by atoms with Crippen LogP contribution in [0.3, 0.4) is 0 Å². The molecule has 112 valence electrons. The minimum Gasteiger partial charge on any atom is -0.454 e. The largest absolute Gasteiger partial charge is 0.454 e. The van der Waals surface area contributed by atoms with Crippen molar-refractivity contribution in [3.63, 3.8) is 0 Å². The van der Waals surface area contributed by atoms with E-state index >= 15 is 0 Å². The fourth-order valence-corrected chi connectivity index (χ4v) is 2.35. The van der Waals surface area contributed by atoms with Crippen molar-refractivity contribution in [1.29, 1.82) is 0 Å². The Labute approximate surface area is 137 Å². The van der Waals surface area contributed by atoms with Crippen LogP contribution in [0.5, 0.6) is 11.5 Å². The molecule has 0 aliphatic rings. The second-order valence-corrected chi connectivity index (χ2v) is 6.20. The van der Waals surface area contributed by atoms with Gasteiger partial charge >= 0.3 is 0 Å². The number of halogens is 3. The SMILES string of the molecule is CC(C)NCc1cccc(Cl)c1Oc1cc(F)ccc1Br. The van der Waals surface area contributed by atoms with Gasteiger partial charge in [0.25, 0.3) is 0 Å². The van der Waals surface area contributed by atoms with E-state index in [0.717, 1.165) is 5.56 Å². The lowest BCUT2D eigenvalue weighted by molar-refractivity contribution is 0.462. The molecular formula is C16H16BrClFNO. The molecule has 0 unspecified atom stereocenters. The Bertz CT molecular complexity index is 634. The van der Waals surface area contributed by atoms with Crippen LogP contribution >= 0.6 is 27.5 Å². The van der Waals surface area contributed by atoms with Gasteiger partial charge in [0.2, 0.25) is 0 Å². The molecule has 2 nitrogen and oxygen atoms in total. The number of hydrogen-bond donors (Lipinski definition) is 1. The summed E-state index contributed by atoms with van der Waals surface area (Å²) < 4.78 is 19.9. The van der Waals surface area contributed by atoms with E-state index in [4.69, 9.17) is 16.3 Å². The molecule has 0 saturated carbocycles. The molecule has 0 heterocycles. The number of benzene rings is 2. The molecular weight excluding hydrogens is 357 g/mol. The van der Waals surface area contributed by atoms with E-state index in [9.17, 15) is 4.39 Å². The number of nitrogens with one attached hydrogen (secondary N) is 1. The second-order valence-electron chi connectivity index (χ2n) is 4.94. The molecule has 0 radical (unpaired) electrons.